The summed E-state index contributed by atoms with van der Waals surface area (Å²) in [5.74, 6) is -0.527. The van der Waals surface area contributed by atoms with Gasteiger partial charge in [-0.1, -0.05) is 79.8 Å². The van der Waals surface area contributed by atoms with E-state index in [1.54, 1.807) is 29.0 Å². The monoisotopic (exact) mass is 805 g/mol. The minimum atomic E-state index is -2.66. The van der Waals surface area contributed by atoms with Crippen LogP contribution < -0.4 is 25.5 Å². The van der Waals surface area contributed by atoms with Crippen molar-refractivity contribution in [1.82, 2.24) is 10.2 Å². The minimum Gasteiger partial charge on any atom is -0.497 e. The van der Waals surface area contributed by atoms with Crippen molar-refractivity contribution >= 4 is 48.0 Å². The second-order valence-corrected chi connectivity index (χ2v) is 20.8. The van der Waals surface area contributed by atoms with Crippen LogP contribution in [-0.4, -0.2) is 79.7 Å². The third-order valence-electron chi connectivity index (χ3n) is 12.3. The first kappa shape index (κ1) is 40.8. The Bertz CT molecular complexity index is 2160. The second-order valence-electron chi connectivity index (χ2n) is 16.1. The first-order chi connectivity index (χ1) is 27.9. The molecule has 3 amide bonds. The number of aliphatic hydroxyl groups excluding tert-OH is 1. The Balaban J connectivity index is 1.28. The van der Waals surface area contributed by atoms with Crippen LogP contribution in [0, 0.1) is 16.0 Å². The number of non-ortho nitro benzene ring substituents is 1. The maximum atomic E-state index is 15.3. The normalized spacial score (nSPS) is 22.6. The van der Waals surface area contributed by atoms with E-state index < -0.39 is 30.6 Å². The van der Waals surface area contributed by atoms with E-state index in [4.69, 9.17) is 9.47 Å². The molecule has 4 aromatic carbocycles. The lowest BCUT2D eigenvalue weighted by Crippen LogP contribution is -2.52. The van der Waals surface area contributed by atoms with Crippen molar-refractivity contribution in [3.05, 3.63) is 124 Å². The van der Waals surface area contributed by atoms with Crippen molar-refractivity contribution in [2.24, 2.45) is 5.92 Å². The number of amides is 3. The molecule has 3 aliphatic heterocycles. The maximum Gasteiger partial charge on any atom is 0.269 e. The maximum absolute atomic E-state index is 15.3. The Morgan fingerprint density at radius 3 is 2.47 bits per heavy atom. The molecule has 4 aromatic rings. The summed E-state index contributed by atoms with van der Waals surface area (Å²) in [5.41, 5.74) is 1.02. The number of nitrogens with zero attached hydrogens (tertiary/aromatic N) is 3. The van der Waals surface area contributed by atoms with Gasteiger partial charge in [0.15, 0.2) is 5.60 Å². The lowest BCUT2D eigenvalue weighted by molar-refractivity contribution is -0.385. The number of methoxy groups -OCH3 is 1. The van der Waals surface area contributed by atoms with Gasteiger partial charge in [-0.05, 0) is 66.4 Å². The van der Waals surface area contributed by atoms with Crippen molar-refractivity contribution in [1.29, 1.82) is 0 Å². The van der Waals surface area contributed by atoms with Gasteiger partial charge in [0.2, 0.25) is 11.8 Å². The summed E-state index contributed by atoms with van der Waals surface area (Å²) in [6.07, 6.45) is 0.877. The zero-order valence-corrected chi connectivity index (χ0v) is 34.4. The summed E-state index contributed by atoms with van der Waals surface area (Å²) >= 11 is 0. The van der Waals surface area contributed by atoms with Crippen LogP contribution in [0.4, 0.5) is 17.1 Å². The number of ether oxygens (including phenoxy) is 2. The summed E-state index contributed by atoms with van der Waals surface area (Å²) in [4.78, 5) is 57.7. The summed E-state index contributed by atoms with van der Waals surface area (Å²) < 4.78 is 12.6. The van der Waals surface area contributed by atoms with Crippen LogP contribution in [-0.2, 0) is 37.8 Å². The first-order valence-corrected chi connectivity index (χ1v) is 22.9. The number of carbonyl (C=O) groups excluding carboxylic acids is 3. The molecule has 3 N–H and O–H groups in total. The Morgan fingerprint density at radius 2 is 1.79 bits per heavy atom. The lowest BCUT2D eigenvalue weighted by Gasteiger charge is -2.37. The molecule has 5 atom stereocenters. The van der Waals surface area contributed by atoms with E-state index >= 15 is 4.79 Å². The molecule has 0 bridgehead atoms. The number of nitrogens with one attached hydrogen (secondary N) is 2. The molecule has 0 radical (unpaired) electrons. The number of hydrogen-bond donors (Lipinski definition) is 3. The largest absolute Gasteiger partial charge is 0.497 e. The van der Waals surface area contributed by atoms with Crippen molar-refractivity contribution in [2.75, 3.05) is 37.0 Å². The number of nitro groups is 1. The van der Waals surface area contributed by atoms with Crippen molar-refractivity contribution < 1.29 is 33.9 Å². The van der Waals surface area contributed by atoms with Gasteiger partial charge in [-0.2, -0.15) is 0 Å². The van der Waals surface area contributed by atoms with Crippen molar-refractivity contribution in [2.45, 2.75) is 75.7 Å². The van der Waals surface area contributed by atoms with Gasteiger partial charge in [0.25, 0.3) is 11.6 Å². The van der Waals surface area contributed by atoms with Gasteiger partial charge in [0, 0.05) is 42.4 Å². The van der Waals surface area contributed by atoms with E-state index in [2.05, 4.69) is 23.7 Å². The van der Waals surface area contributed by atoms with Gasteiger partial charge in [-0.15, -0.1) is 0 Å². The summed E-state index contributed by atoms with van der Waals surface area (Å²) in [6.45, 7) is 7.46. The van der Waals surface area contributed by atoms with E-state index in [1.165, 1.54) is 12.1 Å². The summed E-state index contributed by atoms with van der Waals surface area (Å²) in [7, 11) is -1.05. The summed E-state index contributed by atoms with van der Waals surface area (Å²) in [6, 6.07) is 29.0. The van der Waals surface area contributed by atoms with Crippen LogP contribution in [0.1, 0.15) is 42.9 Å². The second kappa shape index (κ2) is 16.8. The summed E-state index contributed by atoms with van der Waals surface area (Å²) in [5, 5.41) is 29.6. The van der Waals surface area contributed by atoms with Gasteiger partial charge >= 0.3 is 0 Å². The van der Waals surface area contributed by atoms with Crippen LogP contribution in [0.2, 0.25) is 18.6 Å². The molecule has 7 rings (SSSR count). The van der Waals surface area contributed by atoms with Crippen molar-refractivity contribution in [3.63, 3.8) is 0 Å². The predicted molar refractivity (Wildman–Crippen MR) is 224 cm³/mol. The van der Waals surface area contributed by atoms with Crippen LogP contribution in [0.15, 0.2) is 97.1 Å². The minimum absolute atomic E-state index is 0.0642. The number of aliphatic hydroxyl groups is 1. The standard InChI is InChI=1S/C44H51N5O8Si/c1-29-41(58(3,4)35-18-16-34(56-2)17-19-35)39(26-40(51)47(22-23-50)27-30-10-6-5-7-11-30)57-44(29)36-25-33(49(54)55)15-20-38(36)48(43(44)53)28-31-12-8-13-32(24-31)46-42(52)37-14-9-21-45-37/h5-8,10-13,15-20,24-25,29,37,39,41,45,50H,9,14,21-23,26-28H2,1-4H3,(H,46,52)/t29-,37-,39+,41-,44+/m1/s1. The number of rotatable bonds is 14. The molecule has 1 spiro atoms. The topological polar surface area (TPSA) is 164 Å². The van der Waals surface area contributed by atoms with E-state index in [-0.39, 0.29) is 67.7 Å². The first-order valence-electron chi connectivity index (χ1n) is 19.9. The number of fused-ring (bicyclic) bond motifs is 2. The average molecular weight is 806 g/mol. The molecule has 3 aliphatic rings. The average Bonchev–Trinajstić information content (AvgIpc) is 3.92. The fourth-order valence-corrected chi connectivity index (χ4v) is 13.4. The quantitative estimate of drug-likeness (QED) is 0.0853. The smallest absolute Gasteiger partial charge is 0.269 e. The lowest BCUT2D eigenvalue weighted by atomic mass is 9.82. The number of carbonyl (C=O) groups is 3. The van der Waals surface area contributed by atoms with E-state index in [0.717, 1.165) is 35.7 Å². The zero-order valence-electron chi connectivity index (χ0n) is 33.4. The molecular weight excluding hydrogens is 755 g/mol. The highest BCUT2D eigenvalue weighted by Crippen LogP contribution is 2.60. The molecule has 0 aromatic heterocycles. The molecule has 304 valence electrons. The molecule has 0 saturated carbocycles. The molecule has 2 saturated heterocycles. The molecule has 2 fully saturated rings. The zero-order chi connectivity index (χ0) is 41.2. The molecule has 14 heteroatoms. The third kappa shape index (κ3) is 7.76. The molecule has 3 heterocycles. The third-order valence-corrected chi connectivity index (χ3v) is 16.6. The van der Waals surface area contributed by atoms with Gasteiger partial charge in [0.05, 0.1) is 57.5 Å². The number of hydrogen-bond acceptors (Lipinski definition) is 9. The Morgan fingerprint density at radius 1 is 1.05 bits per heavy atom. The highest BCUT2D eigenvalue weighted by molar-refractivity contribution is 6.91. The molecule has 13 nitrogen and oxygen atoms in total. The van der Waals surface area contributed by atoms with E-state index in [1.807, 2.05) is 79.7 Å². The van der Waals surface area contributed by atoms with E-state index in [0.29, 0.717) is 22.7 Å². The van der Waals surface area contributed by atoms with Crippen LogP contribution in [0.3, 0.4) is 0 Å². The highest BCUT2D eigenvalue weighted by atomic mass is 28.3. The van der Waals surface area contributed by atoms with Gasteiger partial charge < -0.3 is 35.0 Å². The molecule has 58 heavy (non-hydrogen) atoms. The van der Waals surface area contributed by atoms with Crippen LogP contribution in [0.25, 0.3) is 0 Å². The van der Waals surface area contributed by atoms with Crippen LogP contribution >= 0.6 is 0 Å². The molecule has 0 unspecified atom stereocenters. The molecular formula is C44H51N5O8Si. The fourth-order valence-electron chi connectivity index (χ4n) is 9.36. The van der Waals surface area contributed by atoms with Gasteiger partial charge in [0.1, 0.15) is 5.75 Å². The number of benzene rings is 4. The number of anilines is 2. The predicted octanol–water partition coefficient (Wildman–Crippen LogP) is 5.47. The highest BCUT2D eigenvalue weighted by Gasteiger charge is 2.66. The van der Waals surface area contributed by atoms with Crippen LogP contribution in [0.5, 0.6) is 5.75 Å². The molecule has 0 aliphatic carbocycles. The number of nitro benzene ring substituents is 1. The van der Waals surface area contributed by atoms with Gasteiger partial charge in [-0.25, -0.2) is 0 Å². The Labute approximate surface area is 339 Å². The Kier molecular flexibility index (Phi) is 11.8. The van der Waals surface area contributed by atoms with Gasteiger partial charge in [-0.3, -0.25) is 24.5 Å². The SMILES string of the molecule is COc1ccc([Si](C)(C)[C@H]2[C@H](CC(=O)N(CCO)Cc3ccccc3)O[C@@]3(C(=O)N(Cc4cccc(NC(=O)[C@H]5CCCN5)c4)c4ccc([N+](=O)[O-])cc43)[C@@H]2C)cc1. The Hall–Kier alpha value is -5.41. The fraction of sp³-hybridized carbons (Fsp3) is 0.386. The van der Waals surface area contributed by atoms with Crippen molar-refractivity contribution in [3.8, 4) is 5.75 Å². The van der Waals surface area contributed by atoms with E-state index in [9.17, 15) is 24.8 Å².